The molecule has 1 saturated carbocycles. The van der Waals surface area contributed by atoms with Gasteiger partial charge in [0.05, 0.1) is 30.0 Å². The van der Waals surface area contributed by atoms with Crippen molar-refractivity contribution in [3.05, 3.63) is 23.9 Å². The first-order chi connectivity index (χ1) is 15.0. The number of fused-ring (bicyclic) bond motifs is 3. The van der Waals surface area contributed by atoms with E-state index in [1.807, 2.05) is 37.0 Å². The number of rotatable bonds is 4. The molecule has 5 unspecified atom stereocenters. The van der Waals surface area contributed by atoms with Gasteiger partial charge in [-0.1, -0.05) is 0 Å². The van der Waals surface area contributed by atoms with E-state index in [9.17, 15) is 4.79 Å². The summed E-state index contributed by atoms with van der Waals surface area (Å²) in [5, 5.41) is 16.7. The molecule has 164 valence electrons. The van der Waals surface area contributed by atoms with E-state index in [1.165, 1.54) is 0 Å². The first-order valence-electron chi connectivity index (χ1n) is 11.6. The van der Waals surface area contributed by atoms with Gasteiger partial charge in [-0.2, -0.15) is 5.10 Å². The summed E-state index contributed by atoms with van der Waals surface area (Å²) >= 11 is 0. The third kappa shape index (κ3) is 3.32. The zero-order valence-electron chi connectivity index (χ0n) is 18.2. The maximum absolute atomic E-state index is 13.0. The summed E-state index contributed by atoms with van der Waals surface area (Å²) in [4.78, 5) is 15.2. The van der Waals surface area contributed by atoms with Crippen LogP contribution in [0, 0.1) is 24.7 Å². The number of aromatic nitrogens is 4. The summed E-state index contributed by atoms with van der Waals surface area (Å²) in [7, 11) is 1.92. The molecule has 1 N–H and O–H groups in total. The molecule has 6 rings (SSSR count). The van der Waals surface area contributed by atoms with Crippen LogP contribution in [-0.2, 0) is 16.6 Å². The summed E-state index contributed by atoms with van der Waals surface area (Å²) in [6.45, 7) is 3.84. The van der Waals surface area contributed by atoms with E-state index in [-0.39, 0.29) is 12.0 Å². The van der Waals surface area contributed by atoms with Crippen molar-refractivity contribution >= 4 is 11.7 Å². The van der Waals surface area contributed by atoms with Crippen molar-refractivity contribution in [2.75, 3.05) is 18.4 Å². The van der Waals surface area contributed by atoms with Crippen molar-refractivity contribution in [1.82, 2.24) is 24.9 Å². The highest BCUT2D eigenvalue weighted by Gasteiger charge is 2.49. The van der Waals surface area contributed by atoms with Crippen molar-refractivity contribution in [3.63, 3.8) is 0 Å². The number of aryl methyl sites for hydroxylation is 2. The number of nitrogens with zero attached hydrogens (tertiary/aromatic N) is 5. The van der Waals surface area contributed by atoms with Crippen molar-refractivity contribution in [2.24, 2.45) is 24.8 Å². The fraction of sp³-hybridized carbons (Fsp3) is 0.652. The van der Waals surface area contributed by atoms with E-state index in [0.717, 1.165) is 68.0 Å². The van der Waals surface area contributed by atoms with Gasteiger partial charge >= 0.3 is 0 Å². The van der Waals surface area contributed by atoms with Gasteiger partial charge in [-0.05, 0) is 68.6 Å². The fourth-order valence-electron chi connectivity index (χ4n) is 6.39. The molecular formula is C23H30N6O2. The number of hydrogen-bond acceptors (Lipinski definition) is 6. The third-order valence-electron chi connectivity index (χ3n) is 7.87. The molecule has 5 heterocycles. The SMILES string of the molecule is Cc1cnn(C)c1-c1ccc(NC2CC3CN(C(=O)C4CC5CCC4O5)C[C@H]3C2)nn1. The highest BCUT2D eigenvalue weighted by molar-refractivity contribution is 5.80. The highest BCUT2D eigenvalue weighted by Crippen LogP contribution is 2.43. The van der Waals surface area contributed by atoms with Crippen molar-refractivity contribution in [1.29, 1.82) is 0 Å². The van der Waals surface area contributed by atoms with Crippen molar-refractivity contribution in [3.8, 4) is 11.4 Å². The van der Waals surface area contributed by atoms with Crippen LogP contribution in [0.1, 0.15) is 37.7 Å². The van der Waals surface area contributed by atoms with Crippen LogP contribution < -0.4 is 5.32 Å². The van der Waals surface area contributed by atoms with Gasteiger partial charge < -0.3 is 15.0 Å². The number of likely N-dealkylation sites (tertiary alicyclic amines) is 1. The number of ether oxygens (including phenoxy) is 1. The quantitative estimate of drug-likeness (QED) is 0.815. The smallest absolute Gasteiger partial charge is 0.228 e. The second-order valence-corrected chi connectivity index (χ2v) is 9.90. The molecule has 3 aliphatic heterocycles. The highest BCUT2D eigenvalue weighted by atomic mass is 16.5. The van der Waals surface area contributed by atoms with E-state index in [0.29, 0.717) is 29.9 Å². The molecule has 1 amide bonds. The Kier molecular flexibility index (Phi) is 4.52. The van der Waals surface area contributed by atoms with Crippen LogP contribution in [0.3, 0.4) is 0 Å². The Bertz CT molecular complexity index is 955. The summed E-state index contributed by atoms with van der Waals surface area (Å²) in [6, 6.07) is 4.41. The molecular weight excluding hydrogens is 392 g/mol. The van der Waals surface area contributed by atoms with Crippen LogP contribution in [0.4, 0.5) is 5.82 Å². The average molecular weight is 423 g/mol. The minimum Gasteiger partial charge on any atom is -0.374 e. The van der Waals surface area contributed by atoms with Gasteiger partial charge in [-0.15, -0.1) is 10.2 Å². The zero-order chi connectivity index (χ0) is 21.1. The van der Waals surface area contributed by atoms with E-state index in [1.54, 1.807) is 0 Å². The number of hydrogen-bond donors (Lipinski definition) is 1. The van der Waals surface area contributed by atoms with E-state index < -0.39 is 0 Å². The predicted octanol–water partition coefficient (Wildman–Crippen LogP) is 2.40. The van der Waals surface area contributed by atoms with Gasteiger partial charge in [0.15, 0.2) is 0 Å². The van der Waals surface area contributed by atoms with Gasteiger partial charge in [0.25, 0.3) is 0 Å². The van der Waals surface area contributed by atoms with Gasteiger partial charge in [0.1, 0.15) is 11.5 Å². The Balaban J connectivity index is 1.05. The Morgan fingerprint density at radius 3 is 2.52 bits per heavy atom. The molecule has 6 atom stereocenters. The molecule has 8 nitrogen and oxygen atoms in total. The molecule has 3 saturated heterocycles. The molecule has 2 bridgehead atoms. The summed E-state index contributed by atoms with van der Waals surface area (Å²) in [5.74, 6) is 2.46. The van der Waals surface area contributed by atoms with E-state index >= 15 is 0 Å². The van der Waals surface area contributed by atoms with E-state index in [4.69, 9.17) is 4.74 Å². The maximum atomic E-state index is 13.0. The van der Waals surface area contributed by atoms with Crippen molar-refractivity contribution < 1.29 is 9.53 Å². The zero-order valence-corrected chi connectivity index (χ0v) is 18.2. The molecule has 1 aliphatic carbocycles. The summed E-state index contributed by atoms with van der Waals surface area (Å²) in [6.07, 6.45) is 7.68. The number of carbonyl (C=O) groups excluding carboxylic acids is 1. The number of nitrogens with one attached hydrogen (secondary N) is 1. The molecule has 0 radical (unpaired) electrons. The van der Waals surface area contributed by atoms with Crippen LogP contribution in [0.5, 0.6) is 0 Å². The van der Waals surface area contributed by atoms with Gasteiger partial charge in [-0.25, -0.2) is 0 Å². The molecule has 4 aliphatic rings. The van der Waals surface area contributed by atoms with Crippen LogP contribution >= 0.6 is 0 Å². The van der Waals surface area contributed by atoms with Crippen LogP contribution in [-0.4, -0.2) is 62.1 Å². The summed E-state index contributed by atoms with van der Waals surface area (Å²) in [5.41, 5.74) is 2.93. The lowest BCUT2D eigenvalue weighted by Crippen LogP contribution is -2.39. The molecule has 0 spiro atoms. The molecule has 2 aromatic heterocycles. The van der Waals surface area contributed by atoms with Gasteiger partial charge in [0, 0.05) is 26.2 Å². The van der Waals surface area contributed by atoms with E-state index in [2.05, 4.69) is 25.5 Å². The second-order valence-electron chi connectivity index (χ2n) is 9.90. The van der Waals surface area contributed by atoms with Crippen molar-refractivity contribution in [2.45, 2.75) is 57.3 Å². The van der Waals surface area contributed by atoms with Crippen LogP contribution in [0.25, 0.3) is 11.4 Å². The first-order valence-corrected chi connectivity index (χ1v) is 11.6. The number of amides is 1. The molecule has 0 aromatic carbocycles. The second kappa shape index (κ2) is 7.29. The molecule has 31 heavy (non-hydrogen) atoms. The lowest BCUT2D eigenvalue weighted by atomic mass is 9.88. The maximum Gasteiger partial charge on any atom is 0.228 e. The Hall–Kier alpha value is -2.48. The lowest BCUT2D eigenvalue weighted by Gasteiger charge is -2.26. The minimum absolute atomic E-state index is 0.114. The molecule has 4 fully saturated rings. The van der Waals surface area contributed by atoms with Gasteiger partial charge in [0.2, 0.25) is 5.91 Å². The monoisotopic (exact) mass is 422 g/mol. The third-order valence-corrected chi connectivity index (χ3v) is 7.87. The minimum atomic E-state index is 0.114. The number of anilines is 1. The predicted molar refractivity (Wildman–Crippen MR) is 115 cm³/mol. The Labute approximate surface area is 182 Å². The Morgan fingerprint density at radius 2 is 1.94 bits per heavy atom. The first kappa shape index (κ1) is 19.2. The topological polar surface area (TPSA) is 85.2 Å². The lowest BCUT2D eigenvalue weighted by molar-refractivity contribution is -0.136. The normalized spacial score (nSPS) is 33.8. The standard InChI is InChI=1S/C23H30N6O2/c1-13-10-24-28(2)22(13)19-4-6-21(27-26-19)25-16-7-14-11-29(12-15(14)8-16)23(30)18-9-17-3-5-20(18)31-17/h4,6,10,14-18,20H,3,5,7-9,11-12H2,1-2H3,(H,25,27)/t14-,15?,16?,17?,18?,20?/m1/s1. The largest absolute Gasteiger partial charge is 0.374 e. The average Bonchev–Trinajstić information content (AvgIpc) is 3.56. The van der Waals surface area contributed by atoms with Crippen LogP contribution in [0.15, 0.2) is 18.3 Å². The Morgan fingerprint density at radius 1 is 1.13 bits per heavy atom. The number of carbonyl (C=O) groups is 1. The van der Waals surface area contributed by atoms with Gasteiger partial charge in [-0.3, -0.25) is 9.48 Å². The fourth-order valence-corrected chi connectivity index (χ4v) is 6.39. The van der Waals surface area contributed by atoms with Crippen LogP contribution in [0.2, 0.25) is 0 Å². The summed E-state index contributed by atoms with van der Waals surface area (Å²) < 4.78 is 7.75. The molecule has 8 heteroatoms. The molecule has 2 aromatic rings.